The average Bonchev–Trinajstić information content (AvgIpc) is 2.28. The highest BCUT2D eigenvalue weighted by atomic mass is 19.1. The van der Waals surface area contributed by atoms with Crippen LogP contribution in [0.2, 0.25) is 0 Å². The number of nitrogen functional groups attached to an aromatic ring is 2. The fourth-order valence-electron chi connectivity index (χ4n) is 1.59. The summed E-state index contributed by atoms with van der Waals surface area (Å²) in [6, 6.07) is 10.1. The molecule has 0 amide bonds. The third kappa shape index (κ3) is 2.30. The van der Waals surface area contributed by atoms with E-state index in [4.69, 9.17) is 11.5 Å². The summed E-state index contributed by atoms with van der Waals surface area (Å²) in [7, 11) is 0. The standard InChI is InChI=1S/C13H14FN3/c1-8-3-2-4-10(14)13(8)17-9-5-6-11(15)12(16)7-9/h2-7,17H,15-16H2,1H3. The monoisotopic (exact) mass is 231 g/mol. The molecule has 2 aromatic rings. The molecular formula is C13H14FN3. The molecule has 0 spiro atoms. The van der Waals surface area contributed by atoms with Crippen molar-refractivity contribution in [2.75, 3.05) is 16.8 Å². The molecule has 0 aliphatic rings. The van der Waals surface area contributed by atoms with Crippen LogP contribution in [0.4, 0.5) is 27.1 Å². The van der Waals surface area contributed by atoms with Gasteiger partial charge in [-0.25, -0.2) is 4.39 Å². The van der Waals surface area contributed by atoms with Crippen molar-refractivity contribution in [1.29, 1.82) is 0 Å². The Morgan fingerprint density at radius 1 is 1.06 bits per heavy atom. The van der Waals surface area contributed by atoms with Gasteiger partial charge in [-0.3, -0.25) is 0 Å². The molecule has 0 heterocycles. The Hall–Kier alpha value is -2.23. The number of benzene rings is 2. The molecular weight excluding hydrogens is 217 g/mol. The fraction of sp³-hybridized carbons (Fsp3) is 0.0769. The first kappa shape index (κ1) is 11.3. The van der Waals surface area contributed by atoms with Crippen LogP contribution in [0, 0.1) is 12.7 Å². The molecule has 2 rings (SSSR count). The average molecular weight is 231 g/mol. The number of nitrogens with one attached hydrogen (secondary N) is 1. The quantitative estimate of drug-likeness (QED) is 0.696. The number of rotatable bonds is 2. The Morgan fingerprint density at radius 3 is 2.47 bits per heavy atom. The molecule has 3 nitrogen and oxygen atoms in total. The van der Waals surface area contributed by atoms with Crippen LogP contribution in [-0.2, 0) is 0 Å². The lowest BCUT2D eigenvalue weighted by Gasteiger charge is -2.11. The lowest BCUT2D eigenvalue weighted by molar-refractivity contribution is 0.631. The topological polar surface area (TPSA) is 64.1 Å². The number of nitrogens with two attached hydrogens (primary N) is 2. The second-order valence-corrected chi connectivity index (χ2v) is 3.90. The van der Waals surface area contributed by atoms with Crippen LogP contribution in [0.1, 0.15) is 5.56 Å². The van der Waals surface area contributed by atoms with E-state index in [0.717, 1.165) is 5.56 Å². The predicted molar refractivity (Wildman–Crippen MR) is 69.7 cm³/mol. The summed E-state index contributed by atoms with van der Waals surface area (Å²) in [5.41, 5.74) is 14.3. The van der Waals surface area contributed by atoms with Gasteiger partial charge < -0.3 is 16.8 Å². The highest BCUT2D eigenvalue weighted by Crippen LogP contribution is 2.26. The van der Waals surface area contributed by atoms with Gasteiger partial charge in [-0.1, -0.05) is 12.1 Å². The summed E-state index contributed by atoms with van der Waals surface area (Å²) in [4.78, 5) is 0. The number of halogens is 1. The van der Waals surface area contributed by atoms with Gasteiger partial charge in [0.25, 0.3) is 0 Å². The van der Waals surface area contributed by atoms with Crippen molar-refractivity contribution in [2.24, 2.45) is 0 Å². The van der Waals surface area contributed by atoms with Gasteiger partial charge in [0, 0.05) is 5.69 Å². The first-order valence-corrected chi connectivity index (χ1v) is 5.25. The van der Waals surface area contributed by atoms with Crippen LogP contribution < -0.4 is 16.8 Å². The number of hydrogen-bond acceptors (Lipinski definition) is 3. The second-order valence-electron chi connectivity index (χ2n) is 3.90. The Labute approximate surface area is 99.2 Å². The third-order valence-corrected chi connectivity index (χ3v) is 2.58. The summed E-state index contributed by atoms with van der Waals surface area (Å²) in [6.07, 6.45) is 0. The highest BCUT2D eigenvalue weighted by Gasteiger charge is 2.05. The van der Waals surface area contributed by atoms with Gasteiger partial charge in [-0.2, -0.15) is 0 Å². The summed E-state index contributed by atoms with van der Waals surface area (Å²) >= 11 is 0. The van der Waals surface area contributed by atoms with Gasteiger partial charge in [0.05, 0.1) is 17.1 Å². The van der Waals surface area contributed by atoms with Gasteiger partial charge in [0.2, 0.25) is 0 Å². The molecule has 0 bridgehead atoms. The Bertz CT molecular complexity index is 532. The van der Waals surface area contributed by atoms with Crippen molar-refractivity contribution in [3.63, 3.8) is 0 Å². The molecule has 0 saturated heterocycles. The smallest absolute Gasteiger partial charge is 0.146 e. The van der Waals surface area contributed by atoms with E-state index in [2.05, 4.69) is 5.32 Å². The Morgan fingerprint density at radius 2 is 1.82 bits per heavy atom. The van der Waals surface area contributed by atoms with E-state index < -0.39 is 0 Å². The molecule has 0 aromatic heterocycles. The van der Waals surface area contributed by atoms with Gasteiger partial charge in [0.1, 0.15) is 5.82 Å². The fourth-order valence-corrected chi connectivity index (χ4v) is 1.59. The Balaban J connectivity index is 2.35. The maximum absolute atomic E-state index is 13.6. The summed E-state index contributed by atoms with van der Waals surface area (Å²) in [6.45, 7) is 1.84. The van der Waals surface area contributed by atoms with Crippen molar-refractivity contribution in [3.05, 3.63) is 47.8 Å². The van der Waals surface area contributed by atoms with Gasteiger partial charge in [0.15, 0.2) is 0 Å². The second kappa shape index (κ2) is 4.33. The first-order valence-electron chi connectivity index (χ1n) is 5.25. The molecule has 0 fully saturated rings. The maximum atomic E-state index is 13.6. The minimum atomic E-state index is -0.291. The van der Waals surface area contributed by atoms with Crippen LogP contribution in [0.5, 0.6) is 0 Å². The molecule has 0 unspecified atom stereocenters. The maximum Gasteiger partial charge on any atom is 0.146 e. The van der Waals surface area contributed by atoms with Crippen LogP contribution >= 0.6 is 0 Å². The van der Waals surface area contributed by atoms with E-state index >= 15 is 0 Å². The largest absolute Gasteiger partial charge is 0.397 e. The summed E-state index contributed by atoms with van der Waals surface area (Å²) in [5.74, 6) is -0.291. The van der Waals surface area contributed by atoms with Crippen molar-refractivity contribution in [3.8, 4) is 0 Å². The minimum Gasteiger partial charge on any atom is -0.397 e. The zero-order valence-electron chi connectivity index (χ0n) is 9.50. The summed E-state index contributed by atoms with van der Waals surface area (Å²) < 4.78 is 13.6. The number of para-hydroxylation sites is 1. The zero-order valence-corrected chi connectivity index (χ0v) is 9.50. The van der Waals surface area contributed by atoms with Crippen molar-refractivity contribution in [1.82, 2.24) is 0 Å². The molecule has 0 atom stereocenters. The number of aryl methyl sites for hydroxylation is 1. The van der Waals surface area contributed by atoms with E-state index in [1.165, 1.54) is 6.07 Å². The molecule has 88 valence electrons. The highest BCUT2D eigenvalue weighted by molar-refractivity contribution is 5.73. The van der Waals surface area contributed by atoms with E-state index in [1.807, 2.05) is 13.0 Å². The van der Waals surface area contributed by atoms with E-state index in [-0.39, 0.29) is 5.82 Å². The van der Waals surface area contributed by atoms with Crippen molar-refractivity contribution in [2.45, 2.75) is 6.92 Å². The molecule has 0 aliphatic carbocycles. The molecule has 2 aromatic carbocycles. The first-order chi connectivity index (χ1) is 8.08. The van der Waals surface area contributed by atoms with E-state index in [9.17, 15) is 4.39 Å². The van der Waals surface area contributed by atoms with Crippen molar-refractivity contribution < 1.29 is 4.39 Å². The lowest BCUT2D eigenvalue weighted by Crippen LogP contribution is -1.99. The molecule has 17 heavy (non-hydrogen) atoms. The molecule has 4 heteroatoms. The van der Waals surface area contributed by atoms with Crippen LogP contribution in [0.25, 0.3) is 0 Å². The van der Waals surface area contributed by atoms with Gasteiger partial charge in [-0.15, -0.1) is 0 Å². The Kier molecular flexibility index (Phi) is 2.87. The van der Waals surface area contributed by atoms with Crippen molar-refractivity contribution >= 4 is 22.7 Å². The van der Waals surface area contributed by atoms with Crippen LogP contribution in [-0.4, -0.2) is 0 Å². The van der Waals surface area contributed by atoms with E-state index in [1.54, 1.807) is 24.3 Å². The number of anilines is 4. The summed E-state index contributed by atoms with van der Waals surface area (Å²) in [5, 5.41) is 3.00. The number of hydrogen-bond donors (Lipinski definition) is 3. The SMILES string of the molecule is Cc1cccc(F)c1Nc1ccc(N)c(N)c1. The van der Waals surface area contributed by atoms with Crippen LogP contribution in [0.3, 0.4) is 0 Å². The van der Waals surface area contributed by atoms with Crippen LogP contribution in [0.15, 0.2) is 36.4 Å². The molecule has 0 radical (unpaired) electrons. The molecule has 0 saturated carbocycles. The molecule has 5 N–H and O–H groups in total. The lowest BCUT2D eigenvalue weighted by atomic mass is 10.1. The third-order valence-electron chi connectivity index (χ3n) is 2.58. The minimum absolute atomic E-state index is 0.291. The predicted octanol–water partition coefficient (Wildman–Crippen LogP) is 3.04. The zero-order chi connectivity index (χ0) is 12.4. The van der Waals surface area contributed by atoms with Gasteiger partial charge >= 0.3 is 0 Å². The van der Waals surface area contributed by atoms with Gasteiger partial charge in [-0.05, 0) is 36.8 Å². The van der Waals surface area contributed by atoms with E-state index in [0.29, 0.717) is 22.7 Å². The molecule has 0 aliphatic heterocycles. The normalized spacial score (nSPS) is 10.2.